The van der Waals surface area contributed by atoms with Gasteiger partial charge < -0.3 is 29.3 Å². The summed E-state index contributed by atoms with van der Waals surface area (Å²) < 4.78 is 15.9. The number of ether oxygens (including phenoxy) is 3. The predicted octanol–water partition coefficient (Wildman–Crippen LogP) is 2.97. The van der Waals surface area contributed by atoms with Crippen LogP contribution in [-0.4, -0.2) is 63.4 Å². The Morgan fingerprint density at radius 2 is 1.53 bits per heavy atom. The number of rotatable bonds is 6. The number of anilines is 2. The SMILES string of the molecule is COc1cc(NC(=O)N2CCN(c3ccc([N+](=O)[O-])cc3)CC2)cc(OC)c1OC. The van der Waals surface area contributed by atoms with Gasteiger partial charge in [0, 0.05) is 56.1 Å². The Morgan fingerprint density at radius 1 is 0.967 bits per heavy atom. The summed E-state index contributed by atoms with van der Waals surface area (Å²) >= 11 is 0. The molecule has 1 aliphatic heterocycles. The minimum Gasteiger partial charge on any atom is -0.493 e. The highest BCUT2D eigenvalue weighted by molar-refractivity contribution is 5.90. The fourth-order valence-corrected chi connectivity index (χ4v) is 3.31. The van der Waals surface area contributed by atoms with Gasteiger partial charge in [-0.3, -0.25) is 10.1 Å². The van der Waals surface area contributed by atoms with Crippen molar-refractivity contribution in [2.24, 2.45) is 0 Å². The zero-order chi connectivity index (χ0) is 21.7. The number of carbonyl (C=O) groups is 1. The Kier molecular flexibility index (Phi) is 6.45. The maximum absolute atomic E-state index is 12.7. The van der Waals surface area contributed by atoms with Gasteiger partial charge in [-0.15, -0.1) is 0 Å². The van der Waals surface area contributed by atoms with Crippen LogP contribution in [-0.2, 0) is 0 Å². The van der Waals surface area contributed by atoms with Crippen LogP contribution in [0.15, 0.2) is 36.4 Å². The molecule has 0 bridgehead atoms. The highest BCUT2D eigenvalue weighted by Crippen LogP contribution is 2.40. The summed E-state index contributed by atoms with van der Waals surface area (Å²) in [4.78, 5) is 26.9. The van der Waals surface area contributed by atoms with Gasteiger partial charge in [0.05, 0.1) is 31.9 Å². The third kappa shape index (κ3) is 4.48. The zero-order valence-electron chi connectivity index (χ0n) is 17.1. The second kappa shape index (κ2) is 9.21. The molecule has 0 spiro atoms. The van der Waals surface area contributed by atoms with E-state index in [1.165, 1.54) is 33.5 Å². The number of non-ortho nitro benzene ring substituents is 1. The summed E-state index contributed by atoms with van der Waals surface area (Å²) in [5, 5.41) is 13.7. The van der Waals surface area contributed by atoms with Crippen LogP contribution in [0.4, 0.5) is 21.9 Å². The number of hydrogen-bond donors (Lipinski definition) is 1. The number of piperazine rings is 1. The van der Waals surface area contributed by atoms with E-state index in [0.29, 0.717) is 49.1 Å². The van der Waals surface area contributed by atoms with E-state index < -0.39 is 4.92 Å². The van der Waals surface area contributed by atoms with Gasteiger partial charge in [-0.25, -0.2) is 4.79 Å². The van der Waals surface area contributed by atoms with Crippen molar-refractivity contribution < 1.29 is 23.9 Å². The zero-order valence-corrected chi connectivity index (χ0v) is 17.1. The van der Waals surface area contributed by atoms with Crippen molar-refractivity contribution in [2.75, 3.05) is 57.7 Å². The fourth-order valence-electron chi connectivity index (χ4n) is 3.31. The molecule has 0 radical (unpaired) electrons. The van der Waals surface area contributed by atoms with Gasteiger partial charge in [-0.2, -0.15) is 0 Å². The monoisotopic (exact) mass is 416 g/mol. The predicted molar refractivity (Wildman–Crippen MR) is 112 cm³/mol. The number of nitro benzene ring substituents is 1. The molecule has 10 heteroatoms. The molecule has 0 atom stereocenters. The molecular weight excluding hydrogens is 392 g/mol. The van der Waals surface area contributed by atoms with E-state index in [2.05, 4.69) is 10.2 Å². The number of nitrogens with zero attached hydrogens (tertiary/aromatic N) is 3. The van der Waals surface area contributed by atoms with Crippen LogP contribution in [0.3, 0.4) is 0 Å². The average molecular weight is 416 g/mol. The van der Waals surface area contributed by atoms with Gasteiger partial charge in [0.15, 0.2) is 11.5 Å². The summed E-state index contributed by atoms with van der Waals surface area (Å²) in [6.45, 7) is 2.29. The molecule has 30 heavy (non-hydrogen) atoms. The summed E-state index contributed by atoms with van der Waals surface area (Å²) in [5.41, 5.74) is 1.49. The molecule has 1 aliphatic rings. The topological polar surface area (TPSA) is 106 Å². The van der Waals surface area contributed by atoms with Crippen LogP contribution < -0.4 is 24.4 Å². The van der Waals surface area contributed by atoms with E-state index in [-0.39, 0.29) is 11.7 Å². The average Bonchev–Trinajstić information content (AvgIpc) is 2.78. The van der Waals surface area contributed by atoms with Gasteiger partial charge in [0.1, 0.15) is 0 Å². The third-order valence-corrected chi connectivity index (χ3v) is 4.91. The second-order valence-electron chi connectivity index (χ2n) is 6.59. The number of urea groups is 1. The number of carbonyl (C=O) groups excluding carboxylic acids is 1. The highest BCUT2D eigenvalue weighted by atomic mass is 16.6. The second-order valence-corrected chi connectivity index (χ2v) is 6.59. The van der Waals surface area contributed by atoms with Crippen molar-refractivity contribution >= 4 is 23.1 Å². The van der Waals surface area contributed by atoms with Crippen LogP contribution >= 0.6 is 0 Å². The Balaban J connectivity index is 1.62. The van der Waals surface area contributed by atoms with Crippen LogP contribution in [0, 0.1) is 10.1 Å². The Morgan fingerprint density at radius 3 is 2.00 bits per heavy atom. The molecule has 0 aliphatic carbocycles. The van der Waals surface area contributed by atoms with Crippen molar-refractivity contribution in [3.05, 3.63) is 46.5 Å². The lowest BCUT2D eigenvalue weighted by Crippen LogP contribution is -2.50. The molecule has 1 N–H and O–H groups in total. The lowest BCUT2D eigenvalue weighted by molar-refractivity contribution is -0.384. The molecule has 0 aromatic heterocycles. The number of hydrogen-bond acceptors (Lipinski definition) is 7. The van der Waals surface area contributed by atoms with Crippen LogP contribution in [0.1, 0.15) is 0 Å². The summed E-state index contributed by atoms with van der Waals surface area (Å²) in [5.74, 6) is 1.36. The maximum Gasteiger partial charge on any atom is 0.321 e. The molecule has 0 saturated carbocycles. The van der Waals surface area contributed by atoms with Crippen molar-refractivity contribution in [1.29, 1.82) is 0 Å². The van der Waals surface area contributed by atoms with Gasteiger partial charge in [-0.05, 0) is 12.1 Å². The Bertz CT molecular complexity index is 885. The molecular formula is C20H24N4O6. The number of amides is 2. The normalized spacial score (nSPS) is 13.6. The molecule has 1 fully saturated rings. The molecule has 10 nitrogen and oxygen atoms in total. The number of benzene rings is 2. The number of methoxy groups -OCH3 is 3. The van der Waals surface area contributed by atoms with Gasteiger partial charge in [0.25, 0.3) is 5.69 Å². The first-order valence-electron chi connectivity index (χ1n) is 9.32. The molecule has 1 saturated heterocycles. The summed E-state index contributed by atoms with van der Waals surface area (Å²) in [6.07, 6.45) is 0. The van der Waals surface area contributed by atoms with Gasteiger partial charge >= 0.3 is 6.03 Å². The molecule has 2 aromatic carbocycles. The largest absolute Gasteiger partial charge is 0.493 e. The third-order valence-electron chi connectivity index (χ3n) is 4.91. The van der Waals surface area contributed by atoms with Crippen molar-refractivity contribution in [3.63, 3.8) is 0 Å². The molecule has 2 aromatic rings. The minimum atomic E-state index is -0.421. The highest BCUT2D eigenvalue weighted by Gasteiger charge is 2.23. The van der Waals surface area contributed by atoms with E-state index in [0.717, 1.165) is 5.69 Å². The van der Waals surface area contributed by atoms with E-state index >= 15 is 0 Å². The number of nitro groups is 1. The lowest BCUT2D eigenvalue weighted by atomic mass is 10.2. The van der Waals surface area contributed by atoms with E-state index in [9.17, 15) is 14.9 Å². The molecule has 1 heterocycles. The quantitative estimate of drug-likeness (QED) is 0.570. The van der Waals surface area contributed by atoms with Crippen molar-refractivity contribution in [2.45, 2.75) is 0 Å². The first-order chi connectivity index (χ1) is 14.5. The summed E-state index contributed by atoms with van der Waals surface area (Å²) in [6, 6.07) is 9.54. The van der Waals surface area contributed by atoms with E-state index in [1.807, 2.05) is 0 Å². The summed E-state index contributed by atoms with van der Waals surface area (Å²) in [7, 11) is 4.55. The van der Waals surface area contributed by atoms with E-state index in [4.69, 9.17) is 14.2 Å². The van der Waals surface area contributed by atoms with Crippen molar-refractivity contribution in [3.8, 4) is 17.2 Å². The molecule has 0 unspecified atom stereocenters. The standard InChI is InChI=1S/C20H24N4O6/c1-28-17-12-14(13-18(29-2)19(17)30-3)21-20(25)23-10-8-22(9-11-23)15-4-6-16(7-5-15)24(26)27/h4-7,12-13H,8-11H2,1-3H3,(H,21,25). The number of nitrogens with one attached hydrogen (secondary N) is 1. The van der Waals surface area contributed by atoms with Crippen LogP contribution in [0.25, 0.3) is 0 Å². The van der Waals surface area contributed by atoms with Crippen LogP contribution in [0.2, 0.25) is 0 Å². The Labute approximate surface area is 174 Å². The smallest absolute Gasteiger partial charge is 0.321 e. The minimum absolute atomic E-state index is 0.0575. The Hall–Kier alpha value is -3.69. The van der Waals surface area contributed by atoms with Crippen LogP contribution in [0.5, 0.6) is 17.2 Å². The molecule has 2 amide bonds. The van der Waals surface area contributed by atoms with Crippen molar-refractivity contribution in [1.82, 2.24) is 4.90 Å². The maximum atomic E-state index is 12.7. The first kappa shape index (κ1) is 21.0. The lowest BCUT2D eigenvalue weighted by Gasteiger charge is -2.36. The molecule has 160 valence electrons. The molecule has 3 rings (SSSR count). The van der Waals surface area contributed by atoms with E-state index in [1.54, 1.807) is 29.2 Å². The fraction of sp³-hybridized carbons (Fsp3) is 0.350. The van der Waals surface area contributed by atoms with Gasteiger partial charge in [0.2, 0.25) is 5.75 Å². The van der Waals surface area contributed by atoms with Gasteiger partial charge in [-0.1, -0.05) is 0 Å². The first-order valence-corrected chi connectivity index (χ1v) is 9.32.